The molecular weight excluding hydrogens is 210 g/mol. The van der Waals surface area contributed by atoms with Crippen LogP contribution in [0, 0.1) is 0 Å². The van der Waals surface area contributed by atoms with E-state index in [-0.39, 0.29) is 0 Å². The number of ether oxygens (including phenoxy) is 1. The zero-order valence-electron chi connectivity index (χ0n) is 8.71. The predicted octanol–water partition coefficient (Wildman–Crippen LogP) is 2.61. The fourth-order valence-electron chi connectivity index (χ4n) is 1.83. The second kappa shape index (κ2) is 5.50. The Bertz CT molecular complexity index is 310. The Kier molecular flexibility index (Phi) is 4.01. The minimum Gasteiger partial charge on any atom is -0.375 e. The van der Waals surface area contributed by atoms with E-state index >= 15 is 0 Å². The van der Waals surface area contributed by atoms with Crippen molar-refractivity contribution >= 4 is 11.6 Å². The van der Waals surface area contributed by atoms with Gasteiger partial charge >= 0.3 is 0 Å². The molecule has 0 radical (unpaired) electrons. The number of hydrogen-bond donors (Lipinski definition) is 1. The van der Waals surface area contributed by atoms with Crippen LogP contribution in [-0.4, -0.2) is 19.2 Å². The van der Waals surface area contributed by atoms with E-state index in [0.29, 0.717) is 12.6 Å². The zero-order chi connectivity index (χ0) is 10.5. The number of hydrogen-bond acceptors (Lipinski definition) is 2. The molecule has 0 aliphatic carbocycles. The third kappa shape index (κ3) is 3.20. The van der Waals surface area contributed by atoms with Gasteiger partial charge in [0, 0.05) is 11.1 Å². The van der Waals surface area contributed by atoms with Gasteiger partial charge in [-0.2, -0.15) is 0 Å². The smallest absolute Gasteiger partial charge is 0.0732 e. The molecule has 1 atom stereocenters. The monoisotopic (exact) mass is 225 g/mol. The molecule has 0 saturated carbocycles. The van der Waals surface area contributed by atoms with Crippen LogP contribution in [-0.2, 0) is 11.3 Å². The summed E-state index contributed by atoms with van der Waals surface area (Å²) in [5.74, 6) is 0. The van der Waals surface area contributed by atoms with Gasteiger partial charge in [0.2, 0.25) is 0 Å². The molecule has 1 N–H and O–H groups in total. The molecule has 3 heteroatoms. The van der Waals surface area contributed by atoms with E-state index in [9.17, 15) is 0 Å². The third-order valence-corrected chi connectivity index (χ3v) is 3.07. The molecule has 1 fully saturated rings. The SMILES string of the molecule is Clc1ccccc1COC[C@H]1CCCN1. The molecule has 1 aliphatic rings. The van der Waals surface area contributed by atoms with Crippen LogP contribution in [0.2, 0.25) is 5.02 Å². The molecule has 15 heavy (non-hydrogen) atoms. The summed E-state index contributed by atoms with van der Waals surface area (Å²) in [6, 6.07) is 8.36. The van der Waals surface area contributed by atoms with Gasteiger partial charge in [-0.15, -0.1) is 0 Å². The summed E-state index contributed by atoms with van der Waals surface area (Å²) in [7, 11) is 0. The highest BCUT2D eigenvalue weighted by Crippen LogP contribution is 2.16. The topological polar surface area (TPSA) is 21.3 Å². The van der Waals surface area contributed by atoms with E-state index in [0.717, 1.165) is 23.7 Å². The van der Waals surface area contributed by atoms with Crippen molar-refractivity contribution in [2.24, 2.45) is 0 Å². The zero-order valence-corrected chi connectivity index (χ0v) is 9.46. The lowest BCUT2D eigenvalue weighted by Gasteiger charge is -2.11. The Hall–Kier alpha value is -0.570. The van der Waals surface area contributed by atoms with E-state index in [1.54, 1.807) is 0 Å². The van der Waals surface area contributed by atoms with Crippen molar-refractivity contribution in [3.63, 3.8) is 0 Å². The Morgan fingerprint density at radius 1 is 1.40 bits per heavy atom. The van der Waals surface area contributed by atoms with Crippen LogP contribution in [0.25, 0.3) is 0 Å². The van der Waals surface area contributed by atoms with Crippen molar-refractivity contribution in [2.45, 2.75) is 25.5 Å². The van der Waals surface area contributed by atoms with Gasteiger partial charge in [-0.05, 0) is 31.0 Å². The van der Waals surface area contributed by atoms with E-state index < -0.39 is 0 Å². The van der Waals surface area contributed by atoms with Crippen LogP contribution in [0.4, 0.5) is 0 Å². The number of benzene rings is 1. The van der Waals surface area contributed by atoms with Gasteiger partial charge in [0.15, 0.2) is 0 Å². The van der Waals surface area contributed by atoms with Crippen molar-refractivity contribution < 1.29 is 4.74 Å². The molecule has 1 aromatic carbocycles. The molecule has 0 spiro atoms. The molecular formula is C12H16ClNO. The van der Waals surface area contributed by atoms with E-state index in [1.807, 2.05) is 24.3 Å². The number of rotatable bonds is 4. The highest BCUT2D eigenvalue weighted by atomic mass is 35.5. The second-order valence-corrected chi connectivity index (χ2v) is 4.31. The molecule has 2 nitrogen and oxygen atoms in total. The Balaban J connectivity index is 1.75. The fraction of sp³-hybridized carbons (Fsp3) is 0.500. The Morgan fingerprint density at radius 2 is 2.27 bits per heavy atom. The number of nitrogens with one attached hydrogen (secondary N) is 1. The minimum absolute atomic E-state index is 0.535. The van der Waals surface area contributed by atoms with Crippen LogP contribution in [0.15, 0.2) is 24.3 Å². The van der Waals surface area contributed by atoms with Gasteiger partial charge in [0.25, 0.3) is 0 Å². The average molecular weight is 226 g/mol. The maximum atomic E-state index is 6.02. The highest BCUT2D eigenvalue weighted by Gasteiger charge is 2.13. The normalized spacial score (nSPS) is 20.7. The van der Waals surface area contributed by atoms with Gasteiger partial charge in [-0.3, -0.25) is 0 Å². The molecule has 0 aromatic heterocycles. The van der Waals surface area contributed by atoms with E-state index in [4.69, 9.17) is 16.3 Å². The van der Waals surface area contributed by atoms with Crippen LogP contribution in [0.1, 0.15) is 18.4 Å². The predicted molar refractivity (Wildman–Crippen MR) is 62.1 cm³/mol. The summed E-state index contributed by atoms with van der Waals surface area (Å²) in [6.07, 6.45) is 2.49. The van der Waals surface area contributed by atoms with Gasteiger partial charge in [-0.25, -0.2) is 0 Å². The molecule has 1 heterocycles. The lowest BCUT2D eigenvalue weighted by Crippen LogP contribution is -2.26. The first kappa shape index (κ1) is 10.9. The summed E-state index contributed by atoms with van der Waals surface area (Å²) < 4.78 is 5.64. The summed E-state index contributed by atoms with van der Waals surface area (Å²) in [5.41, 5.74) is 1.07. The van der Waals surface area contributed by atoms with Crippen LogP contribution in [0.5, 0.6) is 0 Å². The van der Waals surface area contributed by atoms with Crippen molar-refractivity contribution in [2.75, 3.05) is 13.2 Å². The average Bonchev–Trinajstić information content (AvgIpc) is 2.74. The molecule has 0 unspecified atom stereocenters. The van der Waals surface area contributed by atoms with Crippen molar-refractivity contribution in [3.05, 3.63) is 34.9 Å². The van der Waals surface area contributed by atoms with Crippen molar-refractivity contribution in [1.82, 2.24) is 5.32 Å². The van der Waals surface area contributed by atoms with Gasteiger partial charge in [0.1, 0.15) is 0 Å². The second-order valence-electron chi connectivity index (χ2n) is 3.90. The number of halogens is 1. The van der Waals surface area contributed by atoms with E-state index in [2.05, 4.69) is 5.32 Å². The summed E-state index contributed by atoms with van der Waals surface area (Å²) in [4.78, 5) is 0. The molecule has 1 aromatic rings. The standard InChI is InChI=1S/C12H16ClNO/c13-12-6-2-1-4-10(12)8-15-9-11-5-3-7-14-11/h1-2,4,6,11,14H,3,5,7-9H2/t11-/m1/s1. The Morgan fingerprint density at radius 3 is 3.00 bits per heavy atom. The van der Waals surface area contributed by atoms with Gasteiger partial charge in [0.05, 0.1) is 13.2 Å². The van der Waals surface area contributed by atoms with Crippen molar-refractivity contribution in [1.29, 1.82) is 0 Å². The highest BCUT2D eigenvalue weighted by molar-refractivity contribution is 6.31. The molecule has 1 aliphatic heterocycles. The summed E-state index contributed by atoms with van der Waals surface area (Å²) in [6.45, 7) is 2.52. The quantitative estimate of drug-likeness (QED) is 0.851. The lowest BCUT2D eigenvalue weighted by atomic mass is 10.2. The third-order valence-electron chi connectivity index (χ3n) is 2.70. The summed E-state index contributed by atoms with van der Waals surface area (Å²) in [5, 5.41) is 4.19. The fourth-order valence-corrected chi connectivity index (χ4v) is 2.02. The minimum atomic E-state index is 0.535. The molecule has 2 rings (SSSR count). The largest absolute Gasteiger partial charge is 0.375 e. The lowest BCUT2D eigenvalue weighted by molar-refractivity contribution is 0.103. The van der Waals surface area contributed by atoms with Crippen molar-refractivity contribution in [3.8, 4) is 0 Å². The first-order valence-corrected chi connectivity index (χ1v) is 5.78. The maximum Gasteiger partial charge on any atom is 0.0732 e. The van der Waals surface area contributed by atoms with Crippen LogP contribution >= 0.6 is 11.6 Å². The molecule has 0 amide bonds. The van der Waals surface area contributed by atoms with Crippen LogP contribution in [0.3, 0.4) is 0 Å². The summed E-state index contributed by atoms with van der Waals surface area (Å²) >= 11 is 6.02. The first-order valence-electron chi connectivity index (χ1n) is 5.41. The molecule has 82 valence electrons. The van der Waals surface area contributed by atoms with Gasteiger partial charge in [-0.1, -0.05) is 29.8 Å². The first-order chi connectivity index (χ1) is 7.36. The molecule has 1 saturated heterocycles. The molecule has 0 bridgehead atoms. The Labute approximate surface area is 95.6 Å². The van der Waals surface area contributed by atoms with Gasteiger partial charge < -0.3 is 10.1 Å². The van der Waals surface area contributed by atoms with E-state index in [1.165, 1.54) is 12.8 Å². The van der Waals surface area contributed by atoms with Crippen LogP contribution < -0.4 is 5.32 Å². The maximum absolute atomic E-state index is 6.02.